The Morgan fingerprint density at radius 2 is 1.95 bits per heavy atom. The van der Waals surface area contributed by atoms with Gasteiger partial charge in [-0.25, -0.2) is 13.6 Å². The number of hydrogen-bond acceptors (Lipinski definition) is 3. The zero-order valence-corrected chi connectivity index (χ0v) is 10.5. The van der Waals surface area contributed by atoms with Crippen molar-refractivity contribution in [2.45, 2.75) is 0 Å². The number of hydrogen-bond donors (Lipinski definition) is 2. The highest BCUT2D eigenvalue weighted by atomic mass is 19.1. The van der Waals surface area contributed by atoms with Gasteiger partial charge in [-0.05, 0) is 24.3 Å². The molecule has 0 spiro atoms. The summed E-state index contributed by atoms with van der Waals surface area (Å²) in [4.78, 5) is 11.0. The molecule has 2 N–H and O–H groups in total. The maximum absolute atomic E-state index is 13.7. The fraction of sp³-hybridized carbons (Fsp3) is 0.0714. The second-order valence-electron chi connectivity index (χ2n) is 3.94. The molecule has 0 saturated carbocycles. The normalized spacial score (nSPS) is 10.2. The molecular weight excluding hydrogens is 268 g/mol. The number of benzene rings is 2. The third-order valence-electron chi connectivity index (χ3n) is 2.68. The van der Waals surface area contributed by atoms with Gasteiger partial charge in [0.15, 0.2) is 0 Å². The van der Waals surface area contributed by atoms with Gasteiger partial charge < -0.3 is 15.2 Å². The number of aromatic carboxylic acids is 1. The monoisotopic (exact) mass is 279 g/mol. The van der Waals surface area contributed by atoms with Crippen molar-refractivity contribution in [3.05, 3.63) is 53.6 Å². The lowest BCUT2D eigenvalue weighted by Crippen LogP contribution is -2.06. The number of ether oxygens (including phenoxy) is 1. The van der Waals surface area contributed by atoms with Crippen LogP contribution >= 0.6 is 0 Å². The molecule has 0 radical (unpaired) electrons. The van der Waals surface area contributed by atoms with E-state index in [2.05, 4.69) is 5.32 Å². The van der Waals surface area contributed by atoms with Gasteiger partial charge in [-0.3, -0.25) is 0 Å². The summed E-state index contributed by atoms with van der Waals surface area (Å²) >= 11 is 0. The summed E-state index contributed by atoms with van der Waals surface area (Å²) in [6.45, 7) is 0. The van der Waals surface area contributed by atoms with Crippen molar-refractivity contribution in [2.24, 2.45) is 0 Å². The Balaban J connectivity index is 2.47. The van der Waals surface area contributed by atoms with Crippen LogP contribution in [0.1, 0.15) is 10.4 Å². The molecule has 104 valence electrons. The van der Waals surface area contributed by atoms with E-state index in [1.165, 1.54) is 31.4 Å². The first-order valence-electron chi connectivity index (χ1n) is 5.65. The summed E-state index contributed by atoms with van der Waals surface area (Å²) in [5, 5.41) is 11.5. The van der Waals surface area contributed by atoms with Crippen LogP contribution in [-0.2, 0) is 0 Å². The Kier molecular flexibility index (Phi) is 3.84. The maximum Gasteiger partial charge on any atom is 0.337 e. The van der Waals surface area contributed by atoms with E-state index in [4.69, 9.17) is 9.84 Å². The topological polar surface area (TPSA) is 58.6 Å². The zero-order valence-electron chi connectivity index (χ0n) is 10.5. The first-order chi connectivity index (χ1) is 9.52. The third-order valence-corrected chi connectivity index (χ3v) is 2.68. The smallest absolute Gasteiger partial charge is 0.337 e. The lowest BCUT2D eigenvalue weighted by molar-refractivity contribution is 0.0697. The fourth-order valence-corrected chi connectivity index (χ4v) is 1.69. The molecule has 0 aliphatic rings. The van der Waals surface area contributed by atoms with Gasteiger partial charge in [0.1, 0.15) is 17.4 Å². The Labute approximate surface area is 113 Å². The van der Waals surface area contributed by atoms with Crippen LogP contribution in [0.15, 0.2) is 36.4 Å². The van der Waals surface area contributed by atoms with Gasteiger partial charge in [0.25, 0.3) is 0 Å². The molecule has 20 heavy (non-hydrogen) atoms. The van der Waals surface area contributed by atoms with E-state index in [1.807, 2.05) is 0 Å². The summed E-state index contributed by atoms with van der Waals surface area (Å²) in [7, 11) is 1.41. The predicted octanol–water partition coefficient (Wildman–Crippen LogP) is 3.42. The van der Waals surface area contributed by atoms with E-state index in [0.717, 1.165) is 12.1 Å². The molecule has 4 nitrogen and oxygen atoms in total. The second-order valence-corrected chi connectivity index (χ2v) is 3.94. The Bertz CT molecular complexity index is 659. The number of anilines is 2. The third kappa shape index (κ3) is 2.69. The highest BCUT2D eigenvalue weighted by molar-refractivity contribution is 5.95. The number of nitrogens with one attached hydrogen (secondary N) is 1. The number of carboxylic acid groups (broad SMARTS) is 1. The summed E-state index contributed by atoms with van der Waals surface area (Å²) in [6, 6.07) is 7.44. The van der Waals surface area contributed by atoms with Gasteiger partial charge in [0.2, 0.25) is 0 Å². The number of carboxylic acids is 1. The minimum Gasteiger partial charge on any atom is -0.497 e. The van der Waals surface area contributed by atoms with Gasteiger partial charge in [0.05, 0.1) is 24.0 Å². The van der Waals surface area contributed by atoms with Crippen LogP contribution in [0, 0.1) is 11.6 Å². The maximum atomic E-state index is 13.7. The van der Waals surface area contributed by atoms with E-state index in [0.29, 0.717) is 5.75 Å². The van der Waals surface area contributed by atoms with Crippen molar-refractivity contribution in [3.63, 3.8) is 0 Å². The van der Waals surface area contributed by atoms with Gasteiger partial charge in [-0.2, -0.15) is 0 Å². The van der Waals surface area contributed by atoms with Gasteiger partial charge in [-0.15, -0.1) is 0 Å². The molecule has 6 heteroatoms. The lowest BCUT2D eigenvalue weighted by Gasteiger charge is -2.12. The van der Waals surface area contributed by atoms with Crippen LogP contribution in [0.4, 0.5) is 20.2 Å². The van der Waals surface area contributed by atoms with Crippen LogP contribution in [0.5, 0.6) is 5.75 Å². The molecule has 0 fully saturated rings. The van der Waals surface area contributed by atoms with E-state index >= 15 is 0 Å². The summed E-state index contributed by atoms with van der Waals surface area (Å²) in [6.07, 6.45) is 0. The first-order valence-corrected chi connectivity index (χ1v) is 5.65. The van der Waals surface area contributed by atoms with Crippen LogP contribution < -0.4 is 10.1 Å². The SMILES string of the molecule is COc1ccc(F)c(Nc2c(F)cccc2C(=O)O)c1. The zero-order chi connectivity index (χ0) is 14.7. The number of para-hydroxylation sites is 1. The number of methoxy groups -OCH3 is 1. The Morgan fingerprint density at radius 3 is 2.60 bits per heavy atom. The van der Waals surface area contributed by atoms with Gasteiger partial charge in [0, 0.05) is 6.07 Å². The number of carbonyl (C=O) groups is 1. The quantitative estimate of drug-likeness (QED) is 0.900. The van der Waals surface area contributed by atoms with Crippen molar-refractivity contribution in [2.75, 3.05) is 12.4 Å². The lowest BCUT2D eigenvalue weighted by atomic mass is 10.1. The minimum atomic E-state index is -1.31. The molecule has 2 rings (SSSR count). The van der Waals surface area contributed by atoms with Crippen molar-refractivity contribution in [3.8, 4) is 5.75 Å². The molecule has 0 aliphatic heterocycles. The van der Waals surface area contributed by atoms with Crippen LogP contribution in [0.3, 0.4) is 0 Å². The van der Waals surface area contributed by atoms with Crippen LogP contribution in [-0.4, -0.2) is 18.2 Å². The molecule has 0 bridgehead atoms. The molecule has 0 aliphatic carbocycles. The number of rotatable bonds is 4. The molecular formula is C14H11F2NO3. The summed E-state index contributed by atoms with van der Waals surface area (Å²) < 4.78 is 32.3. The van der Waals surface area contributed by atoms with E-state index in [9.17, 15) is 13.6 Å². The van der Waals surface area contributed by atoms with Crippen molar-refractivity contribution < 1.29 is 23.4 Å². The van der Waals surface area contributed by atoms with Gasteiger partial charge >= 0.3 is 5.97 Å². The molecule has 0 atom stereocenters. The molecule has 0 heterocycles. The molecule has 0 amide bonds. The number of halogens is 2. The van der Waals surface area contributed by atoms with E-state index in [1.54, 1.807) is 0 Å². The average molecular weight is 279 g/mol. The summed E-state index contributed by atoms with van der Waals surface area (Å²) in [5.41, 5.74) is -0.656. The fourth-order valence-electron chi connectivity index (χ4n) is 1.69. The van der Waals surface area contributed by atoms with Crippen molar-refractivity contribution >= 4 is 17.3 Å². The highest BCUT2D eigenvalue weighted by Gasteiger charge is 2.16. The summed E-state index contributed by atoms with van der Waals surface area (Å²) in [5.74, 6) is -2.38. The van der Waals surface area contributed by atoms with Crippen LogP contribution in [0.2, 0.25) is 0 Å². The minimum absolute atomic E-state index is 0.0723. The second kappa shape index (κ2) is 5.56. The highest BCUT2D eigenvalue weighted by Crippen LogP contribution is 2.28. The Morgan fingerprint density at radius 1 is 1.20 bits per heavy atom. The average Bonchev–Trinajstić information content (AvgIpc) is 2.43. The van der Waals surface area contributed by atoms with Crippen molar-refractivity contribution in [1.29, 1.82) is 0 Å². The molecule has 2 aromatic carbocycles. The first kappa shape index (κ1) is 13.8. The van der Waals surface area contributed by atoms with Gasteiger partial charge in [-0.1, -0.05) is 6.07 Å². The molecule has 0 aromatic heterocycles. The van der Waals surface area contributed by atoms with Crippen LogP contribution in [0.25, 0.3) is 0 Å². The Hall–Kier alpha value is -2.63. The molecule has 0 saturated heterocycles. The van der Waals surface area contributed by atoms with E-state index in [-0.39, 0.29) is 16.9 Å². The predicted molar refractivity (Wildman–Crippen MR) is 69.6 cm³/mol. The molecule has 2 aromatic rings. The largest absolute Gasteiger partial charge is 0.497 e. The standard InChI is InChI=1S/C14H11F2NO3/c1-20-8-5-6-10(15)12(7-8)17-13-9(14(18)19)3-2-4-11(13)16/h2-7,17H,1H3,(H,18,19). The van der Waals surface area contributed by atoms with E-state index < -0.39 is 17.6 Å². The molecule has 0 unspecified atom stereocenters. The van der Waals surface area contributed by atoms with Crippen molar-refractivity contribution in [1.82, 2.24) is 0 Å².